The molecule has 0 spiro atoms. The predicted octanol–water partition coefficient (Wildman–Crippen LogP) is 2.51. The van der Waals surface area contributed by atoms with E-state index in [-0.39, 0.29) is 15.5 Å². The molecule has 2 rings (SSSR count). The minimum Gasteiger partial charge on any atom is -0.495 e. The highest BCUT2D eigenvalue weighted by molar-refractivity contribution is 7.89. The van der Waals surface area contributed by atoms with Crippen LogP contribution in [0.1, 0.15) is 10.4 Å². The van der Waals surface area contributed by atoms with E-state index in [1.807, 2.05) is 0 Å². The molecule has 0 aromatic heterocycles. The summed E-state index contributed by atoms with van der Waals surface area (Å²) in [5, 5.41) is 2.80. The summed E-state index contributed by atoms with van der Waals surface area (Å²) >= 11 is 6.02. The van der Waals surface area contributed by atoms with Crippen LogP contribution in [0.4, 0.5) is 5.69 Å². The number of anilines is 1. The van der Waals surface area contributed by atoms with Gasteiger partial charge in [-0.2, -0.15) is 0 Å². The number of hydrogen-bond donors (Lipinski definition) is 2. The molecular formula is C15H15ClN2O4S. The fourth-order valence-electron chi connectivity index (χ4n) is 1.90. The molecule has 2 aromatic rings. The molecule has 2 aromatic carbocycles. The van der Waals surface area contributed by atoms with Crippen LogP contribution in [-0.4, -0.2) is 28.5 Å². The van der Waals surface area contributed by atoms with E-state index in [9.17, 15) is 13.2 Å². The van der Waals surface area contributed by atoms with Crippen LogP contribution in [0, 0.1) is 0 Å². The smallest absolute Gasteiger partial charge is 0.257 e. The predicted molar refractivity (Wildman–Crippen MR) is 88.6 cm³/mol. The van der Waals surface area contributed by atoms with Crippen molar-refractivity contribution in [2.45, 2.75) is 4.90 Å². The highest BCUT2D eigenvalue weighted by atomic mass is 35.5. The van der Waals surface area contributed by atoms with Gasteiger partial charge < -0.3 is 10.1 Å². The quantitative estimate of drug-likeness (QED) is 0.864. The molecule has 0 unspecified atom stereocenters. The number of benzene rings is 2. The molecule has 23 heavy (non-hydrogen) atoms. The molecule has 8 heteroatoms. The summed E-state index contributed by atoms with van der Waals surface area (Å²) in [6.45, 7) is 0. The van der Waals surface area contributed by atoms with Gasteiger partial charge >= 0.3 is 0 Å². The van der Waals surface area contributed by atoms with Crippen molar-refractivity contribution in [3.8, 4) is 5.75 Å². The second-order valence-electron chi connectivity index (χ2n) is 4.50. The molecule has 122 valence electrons. The number of carbonyl (C=O) groups is 1. The van der Waals surface area contributed by atoms with E-state index >= 15 is 0 Å². The summed E-state index contributed by atoms with van der Waals surface area (Å²) in [7, 11) is -0.896. The number of methoxy groups -OCH3 is 1. The maximum Gasteiger partial charge on any atom is 0.257 e. The van der Waals surface area contributed by atoms with Crippen LogP contribution in [0.15, 0.2) is 47.4 Å². The van der Waals surface area contributed by atoms with Crippen molar-refractivity contribution < 1.29 is 17.9 Å². The molecule has 0 atom stereocenters. The Labute approximate surface area is 139 Å². The lowest BCUT2D eigenvalue weighted by Crippen LogP contribution is -2.20. The third kappa shape index (κ3) is 3.82. The lowest BCUT2D eigenvalue weighted by Gasteiger charge is -2.11. The fourth-order valence-corrected chi connectivity index (χ4v) is 2.86. The summed E-state index contributed by atoms with van der Waals surface area (Å²) in [5.41, 5.74) is 0.506. The Kier molecular flexibility index (Phi) is 5.25. The Morgan fingerprint density at radius 3 is 2.52 bits per heavy atom. The van der Waals surface area contributed by atoms with Gasteiger partial charge in [0.15, 0.2) is 0 Å². The molecule has 0 aliphatic carbocycles. The average molecular weight is 355 g/mol. The zero-order valence-corrected chi connectivity index (χ0v) is 14.0. The minimum atomic E-state index is -3.67. The van der Waals surface area contributed by atoms with E-state index in [0.717, 1.165) is 0 Å². The molecule has 2 N–H and O–H groups in total. The van der Waals surface area contributed by atoms with Gasteiger partial charge in [-0.3, -0.25) is 4.79 Å². The fraction of sp³-hybridized carbons (Fsp3) is 0.133. The van der Waals surface area contributed by atoms with Gasteiger partial charge in [-0.1, -0.05) is 23.7 Å². The number of rotatable bonds is 5. The van der Waals surface area contributed by atoms with Gasteiger partial charge in [0.25, 0.3) is 5.91 Å². The topological polar surface area (TPSA) is 84.5 Å². The first kappa shape index (κ1) is 17.3. The van der Waals surface area contributed by atoms with E-state index in [1.165, 1.54) is 32.4 Å². The monoisotopic (exact) mass is 354 g/mol. The van der Waals surface area contributed by atoms with Crippen molar-refractivity contribution in [2.24, 2.45) is 0 Å². The zero-order chi connectivity index (χ0) is 17.0. The van der Waals surface area contributed by atoms with Gasteiger partial charge in [0.05, 0.1) is 28.3 Å². The molecule has 0 saturated heterocycles. The maximum absolute atomic E-state index is 12.4. The lowest BCUT2D eigenvalue weighted by atomic mass is 10.2. The van der Waals surface area contributed by atoms with Crippen molar-refractivity contribution >= 4 is 33.2 Å². The number of sulfonamides is 1. The number of para-hydroxylation sites is 2. The molecule has 0 heterocycles. The molecule has 0 radical (unpaired) electrons. The Morgan fingerprint density at radius 2 is 1.87 bits per heavy atom. The van der Waals surface area contributed by atoms with E-state index in [0.29, 0.717) is 11.4 Å². The number of amides is 1. The van der Waals surface area contributed by atoms with Gasteiger partial charge in [0.1, 0.15) is 5.75 Å². The highest BCUT2D eigenvalue weighted by Crippen LogP contribution is 2.26. The molecule has 0 bridgehead atoms. The van der Waals surface area contributed by atoms with E-state index in [2.05, 4.69) is 10.0 Å². The Bertz CT molecular complexity index is 837. The molecule has 0 fully saturated rings. The van der Waals surface area contributed by atoms with Crippen LogP contribution in [0.2, 0.25) is 5.02 Å². The van der Waals surface area contributed by atoms with Gasteiger partial charge in [-0.05, 0) is 37.4 Å². The van der Waals surface area contributed by atoms with Crippen LogP contribution in [0.3, 0.4) is 0 Å². The van der Waals surface area contributed by atoms with Crippen molar-refractivity contribution in [3.05, 3.63) is 53.1 Å². The number of hydrogen-bond acceptors (Lipinski definition) is 4. The summed E-state index contributed by atoms with van der Waals surface area (Å²) < 4.78 is 31.0. The molecule has 0 aliphatic rings. The number of carbonyl (C=O) groups excluding carboxylic acids is 1. The lowest BCUT2D eigenvalue weighted by molar-refractivity contribution is 0.102. The van der Waals surface area contributed by atoms with Crippen molar-refractivity contribution in [1.82, 2.24) is 4.72 Å². The first-order valence-corrected chi connectivity index (χ1v) is 8.42. The van der Waals surface area contributed by atoms with E-state index in [1.54, 1.807) is 24.3 Å². The molecule has 6 nitrogen and oxygen atoms in total. The number of nitrogens with one attached hydrogen (secondary N) is 2. The first-order valence-electron chi connectivity index (χ1n) is 6.56. The first-order chi connectivity index (χ1) is 10.9. The SMILES string of the molecule is CNS(=O)(=O)c1ccc(Cl)c(C(=O)Nc2ccccc2OC)c1. The van der Waals surface area contributed by atoms with Crippen LogP contribution in [0.5, 0.6) is 5.75 Å². The van der Waals surface area contributed by atoms with Crippen LogP contribution < -0.4 is 14.8 Å². The van der Waals surface area contributed by atoms with Gasteiger partial charge in [-0.25, -0.2) is 13.1 Å². The Morgan fingerprint density at radius 1 is 1.17 bits per heavy atom. The third-order valence-corrected chi connectivity index (χ3v) is 4.86. The molecule has 0 saturated carbocycles. The maximum atomic E-state index is 12.4. The summed E-state index contributed by atoms with van der Waals surface area (Å²) in [6, 6.07) is 10.8. The molecular weight excluding hydrogens is 340 g/mol. The van der Waals surface area contributed by atoms with Gasteiger partial charge in [0, 0.05) is 0 Å². The van der Waals surface area contributed by atoms with Crippen molar-refractivity contribution in [1.29, 1.82) is 0 Å². The standard InChI is InChI=1S/C15H15ClN2O4S/c1-17-23(20,21)10-7-8-12(16)11(9-10)15(19)18-13-5-3-4-6-14(13)22-2/h3-9,17H,1-2H3,(H,18,19). The molecule has 0 aliphatic heterocycles. The van der Waals surface area contributed by atoms with Crippen molar-refractivity contribution in [2.75, 3.05) is 19.5 Å². The number of halogens is 1. The van der Waals surface area contributed by atoms with Crippen LogP contribution >= 0.6 is 11.6 Å². The van der Waals surface area contributed by atoms with Gasteiger partial charge in [-0.15, -0.1) is 0 Å². The van der Waals surface area contributed by atoms with E-state index in [4.69, 9.17) is 16.3 Å². The van der Waals surface area contributed by atoms with Gasteiger partial charge in [0.2, 0.25) is 10.0 Å². The largest absolute Gasteiger partial charge is 0.495 e. The average Bonchev–Trinajstić information content (AvgIpc) is 2.55. The van der Waals surface area contributed by atoms with Crippen LogP contribution in [-0.2, 0) is 10.0 Å². The van der Waals surface area contributed by atoms with E-state index < -0.39 is 15.9 Å². The Hall–Kier alpha value is -2.09. The zero-order valence-electron chi connectivity index (χ0n) is 12.5. The van der Waals surface area contributed by atoms with Crippen LogP contribution in [0.25, 0.3) is 0 Å². The summed E-state index contributed by atoms with van der Waals surface area (Å²) in [6.07, 6.45) is 0. The number of ether oxygens (including phenoxy) is 1. The normalized spacial score (nSPS) is 11.1. The summed E-state index contributed by atoms with van der Waals surface area (Å²) in [4.78, 5) is 12.4. The van der Waals surface area contributed by atoms with Crippen molar-refractivity contribution in [3.63, 3.8) is 0 Å². The second-order valence-corrected chi connectivity index (χ2v) is 6.80. The third-order valence-electron chi connectivity index (χ3n) is 3.12. The second kappa shape index (κ2) is 6.99. The molecule has 1 amide bonds. The highest BCUT2D eigenvalue weighted by Gasteiger charge is 2.18. The summed E-state index contributed by atoms with van der Waals surface area (Å²) in [5.74, 6) is -0.0522. The minimum absolute atomic E-state index is 0.0467. The Balaban J connectivity index is 2.38.